The topological polar surface area (TPSA) is 74.0 Å². The minimum atomic E-state index is -0.120. The molecule has 0 spiro atoms. The van der Waals surface area contributed by atoms with Crippen LogP contribution in [0.4, 0.5) is 16.5 Å². The Morgan fingerprint density at radius 3 is 2.20 bits per heavy atom. The van der Waals surface area contributed by atoms with E-state index in [1.807, 2.05) is 6.07 Å². The van der Waals surface area contributed by atoms with E-state index in [0.717, 1.165) is 11.5 Å². The third kappa shape index (κ3) is 4.75. The number of anilines is 1. The largest absolute Gasteiger partial charge is 0.506 e. The van der Waals surface area contributed by atoms with Gasteiger partial charge in [-0.2, -0.15) is 9.36 Å². The normalized spacial score (nSPS) is 12.5. The predicted molar refractivity (Wildman–Crippen MR) is 104 cm³/mol. The molecule has 1 aromatic heterocycles. The summed E-state index contributed by atoms with van der Waals surface area (Å²) < 4.78 is 4.31. The SMILES string of the molecule is CC(C)N(c1ccc(N=Nc2nc(C(C)(C)C)ns2)c(O)c1)C(C)C. The molecule has 136 valence electrons. The molecule has 0 saturated heterocycles. The molecule has 0 fully saturated rings. The molecule has 0 aliphatic rings. The Labute approximate surface area is 153 Å². The molecule has 25 heavy (non-hydrogen) atoms. The van der Waals surface area contributed by atoms with Gasteiger partial charge in [-0.05, 0) is 39.8 Å². The van der Waals surface area contributed by atoms with Gasteiger partial charge in [0.15, 0.2) is 0 Å². The number of hydrogen-bond acceptors (Lipinski definition) is 7. The van der Waals surface area contributed by atoms with Gasteiger partial charge in [0, 0.05) is 40.8 Å². The van der Waals surface area contributed by atoms with Crippen LogP contribution < -0.4 is 4.90 Å². The van der Waals surface area contributed by atoms with Crippen LogP contribution in [0.25, 0.3) is 0 Å². The molecule has 7 heteroatoms. The molecule has 6 nitrogen and oxygen atoms in total. The minimum absolute atomic E-state index is 0.105. The molecule has 2 aromatic rings. The lowest BCUT2D eigenvalue weighted by molar-refractivity contribution is 0.475. The summed E-state index contributed by atoms with van der Waals surface area (Å²) in [5.74, 6) is 0.851. The van der Waals surface area contributed by atoms with Gasteiger partial charge in [0.1, 0.15) is 17.3 Å². The Morgan fingerprint density at radius 2 is 1.72 bits per heavy atom. The molecule has 0 amide bonds. The summed E-state index contributed by atoms with van der Waals surface area (Å²) in [5, 5.41) is 19.0. The second-order valence-corrected chi connectivity index (χ2v) is 8.35. The van der Waals surface area contributed by atoms with Crippen LogP contribution in [0.3, 0.4) is 0 Å². The highest BCUT2D eigenvalue weighted by molar-refractivity contribution is 7.09. The molecule has 2 rings (SSSR count). The maximum atomic E-state index is 10.3. The van der Waals surface area contributed by atoms with E-state index in [-0.39, 0.29) is 11.2 Å². The zero-order valence-corrected chi connectivity index (χ0v) is 16.8. The summed E-state index contributed by atoms with van der Waals surface area (Å²) in [6.45, 7) is 14.7. The number of aromatic hydroxyl groups is 1. The molecule has 0 atom stereocenters. The van der Waals surface area contributed by atoms with Gasteiger partial charge in [-0.15, -0.1) is 10.2 Å². The van der Waals surface area contributed by atoms with E-state index in [9.17, 15) is 5.11 Å². The van der Waals surface area contributed by atoms with E-state index in [2.05, 4.69) is 73.0 Å². The van der Waals surface area contributed by atoms with E-state index >= 15 is 0 Å². The second-order valence-electron chi connectivity index (χ2n) is 7.62. The van der Waals surface area contributed by atoms with E-state index < -0.39 is 0 Å². The van der Waals surface area contributed by atoms with Crippen molar-refractivity contribution in [2.75, 3.05) is 4.90 Å². The third-order valence-corrected chi connectivity index (χ3v) is 4.30. The molecule has 0 aliphatic carbocycles. The van der Waals surface area contributed by atoms with Crippen LogP contribution in [-0.2, 0) is 5.41 Å². The molecule has 1 heterocycles. The fourth-order valence-corrected chi connectivity index (χ4v) is 3.29. The lowest BCUT2D eigenvalue weighted by Crippen LogP contribution is -2.36. The van der Waals surface area contributed by atoms with E-state index in [1.54, 1.807) is 12.1 Å². The first-order valence-corrected chi connectivity index (χ1v) is 9.24. The number of aromatic nitrogens is 2. The number of benzene rings is 1. The highest BCUT2D eigenvalue weighted by atomic mass is 32.1. The number of rotatable bonds is 5. The van der Waals surface area contributed by atoms with Crippen LogP contribution >= 0.6 is 11.5 Å². The molecule has 1 N–H and O–H groups in total. The van der Waals surface area contributed by atoms with Crippen molar-refractivity contribution in [2.24, 2.45) is 10.2 Å². The smallest absolute Gasteiger partial charge is 0.249 e. The predicted octanol–water partition coefficient (Wildman–Crippen LogP) is 5.58. The maximum absolute atomic E-state index is 10.3. The van der Waals surface area contributed by atoms with Gasteiger partial charge in [0.05, 0.1) is 0 Å². The highest BCUT2D eigenvalue weighted by Crippen LogP contribution is 2.34. The van der Waals surface area contributed by atoms with Gasteiger partial charge < -0.3 is 10.0 Å². The monoisotopic (exact) mass is 361 g/mol. The van der Waals surface area contributed by atoms with E-state index in [0.29, 0.717) is 22.9 Å². The summed E-state index contributed by atoms with van der Waals surface area (Å²) >= 11 is 1.21. The van der Waals surface area contributed by atoms with Gasteiger partial charge in [-0.3, -0.25) is 0 Å². The van der Waals surface area contributed by atoms with Gasteiger partial charge in [-0.25, -0.2) is 0 Å². The van der Waals surface area contributed by atoms with Crippen molar-refractivity contribution in [1.29, 1.82) is 0 Å². The molecule has 0 aliphatic heterocycles. The van der Waals surface area contributed by atoms with Crippen molar-refractivity contribution in [3.8, 4) is 5.75 Å². The Kier molecular flexibility index (Phi) is 5.77. The number of phenols is 1. The molecule has 0 saturated carbocycles. The highest BCUT2D eigenvalue weighted by Gasteiger charge is 2.19. The van der Waals surface area contributed by atoms with Crippen LogP contribution in [0.2, 0.25) is 0 Å². The van der Waals surface area contributed by atoms with Gasteiger partial charge in [0.2, 0.25) is 5.13 Å². The van der Waals surface area contributed by atoms with Crippen LogP contribution in [0.5, 0.6) is 5.75 Å². The van der Waals surface area contributed by atoms with Crippen LogP contribution in [-0.4, -0.2) is 26.5 Å². The van der Waals surface area contributed by atoms with Crippen molar-refractivity contribution < 1.29 is 5.11 Å². The van der Waals surface area contributed by atoms with Gasteiger partial charge in [0.25, 0.3) is 0 Å². The van der Waals surface area contributed by atoms with Crippen LogP contribution in [0, 0.1) is 0 Å². The Balaban J connectivity index is 2.22. The number of phenolic OH excluding ortho intramolecular Hbond substituents is 1. The second kappa shape index (κ2) is 7.47. The van der Waals surface area contributed by atoms with E-state index in [4.69, 9.17) is 0 Å². The average molecular weight is 362 g/mol. The van der Waals surface area contributed by atoms with Crippen LogP contribution in [0.1, 0.15) is 54.3 Å². The zero-order valence-electron chi connectivity index (χ0n) is 16.0. The molecule has 0 bridgehead atoms. The summed E-state index contributed by atoms with van der Waals surface area (Å²) in [5.41, 5.74) is 1.27. The first kappa shape index (κ1) is 19.3. The summed E-state index contributed by atoms with van der Waals surface area (Å²) in [6, 6.07) is 6.13. The molecule has 0 unspecified atom stereocenters. The number of azo groups is 1. The maximum Gasteiger partial charge on any atom is 0.249 e. The third-order valence-electron chi connectivity index (χ3n) is 3.70. The molecular weight excluding hydrogens is 334 g/mol. The number of nitrogens with zero attached hydrogens (tertiary/aromatic N) is 5. The fraction of sp³-hybridized carbons (Fsp3) is 0.556. The standard InChI is InChI=1S/C18H27N5OS/c1-11(2)23(12(3)4)13-8-9-14(15(24)10-13)20-21-17-19-16(22-25-17)18(5,6)7/h8-12,24H,1-7H3. The molecule has 1 aromatic carbocycles. The van der Waals surface area contributed by atoms with Gasteiger partial charge in [-0.1, -0.05) is 20.8 Å². The number of hydrogen-bond donors (Lipinski definition) is 1. The van der Waals surface area contributed by atoms with Crippen molar-refractivity contribution in [3.63, 3.8) is 0 Å². The van der Waals surface area contributed by atoms with Crippen molar-refractivity contribution >= 4 is 28.0 Å². The summed E-state index contributed by atoms with van der Waals surface area (Å²) in [4.78, 5) is 6.61. The first-order valence-electron chi connectivity index (χ1n) is 8.47. The van der Waals surface area contributed by atoms with Crippen molar-refractivity contribution in [2.45, 2.75) is 66.0 Å². The average Bonchev–Trinajstić information content (AvgIpc) is 2.94. The molecular formula is C18H27N5OS. The fourth-order valence-electron chi connectivity index (χ4n) is 2.61. The summed E-state index contributed by atoms with van der Waals surface area (Å²) in [6.07, 6.45) is 0. The Bertz CT molecular complexity index is 738. The first-order chi connectivity index (χ1) is 11.6. The lowest BCUT2D eigenvalue weighted by atomic mass is 9.96. The lowest BCUT2D eigenvalue weighted by Gasteiger charge is -2.33. The van der Waals surface area contributed by atoms with Gasteiger partial charge >= 0.3 is 0 Å². The van der Waals surface area contributed by atoms with Crippen molar-refractivity contribution in [3.05, 3.63) is 24.0 Å². The minimum Gasteiger partial charge on any atom is -0.506 e. The Morgan fingerprint density at radius 1 is 1.08 bits per heavy atom. The van der Waals surface area contributed by atoms with Crippen molar-refractivity contribution in [1.82, 2.24) is 9.36 Å². The summed E-state index contributed by atoms with van der Waals surface area (Å²) in [7, 11) is 0. The van der Waals surface area contributed by atoms with E-state index in [1.165, 1.54) is 11.5 Å². The molecule has 0 radical (unpaired) electrons. The quantitative estimate of drug-likeness (QED) is 0.705. The van der Waals surface area contributed by atoms with Crippen LogP contribution in [0.15, 0.2) is 28.4 Å². The Hall–Kier alpha value is -2.02. The zero-order chi connectivity index (χ0) is 18.8.